The largest absolute Gasteiger partial charge is 0.379 e. The van der Waals surface area contributed by atoms with Crippen molar-refractivity contribution in [3.05, 3.63) is 50.6 Å². The third-order valence-corrected chi connectivity index (χ3v) is 6.55. The standard InChI is InChI=1S/C12H17N3O2S.C9H7ClN2O/c1-15-4-2-9-10(6-15)18-12(14-9)11(16)13-8-3-5-17-7-8;10-6-1-2-7-5(3-6)4-8(12-7)9(11)13/h8H,2-7H2,1H3,(H,13,16);1-4,12H,(H2,11,13). The maximum atomic E-state index is 12.1. The monoisotopic (exact) mass is 461 g/mol. The predicted molar refractivity (Wildman–Crippen MR) is 121 cm³/mol. The Bertz CT molecular complexity index is 1110. The van der Waals surface area contributed by atoms with Crippen molar-refractivity contribution in [3.63, 3.8) is 0 Å². The summed E-state index contributed by atoms with van der Waals surface area (Å²) in [6.45, 7) is 3.30. The number of nitrogens with two attached hydrogens (primary N) is 1. The number of nitrogens with zero attached hydrogens (tertiary/aromatic N) is 2. The zero-order chi connectivity index (χ0) is 22.0. The van der Waals surface area contributed by atoms with E-state index in [0.29, 0.717) is 22.3 Å². The van der Waals surface area contributed by atoms with Gasteiger partial charge >= 0.3 is 0 Å². The molecule has 0 bridgehead atoms. The van der Waals surface area contributed by atoms with Crippen LogP contribution in [0, 0.1) is 0 Å². The Hall–Kier alpha value is -2.46. The molecule has 1 fully saturated rings. The van der Waals surface area contributed by atoms with Gasteiger partial charge in [-0.1, -0.05) is 11.6 Å². The highest BCUT2D eigenvalue weighted by atomic mass is 35.5. The third kappa shape index (κ3) is 5.24. The van der Waals surface area contributed by atoms with Gasteiger partial charge in [0.25, 0.3) is 11.8 Å². The number of nitrogens with one attached hydrogen (secondary N) is 2. The first-order chi connectivity index (χ1) is 14.9. The Balaban J connectivity index is 0.000000158. The molecule has 4 heterocycles. The summed E-state index contributed by atoms with van der Waals surface area (Å²) in [4.78, 5) is 33.7. The van der Waals surface area contributed by atoms with Crippen molar-refractivity contribution in [2.24, 2.45) is 5.73 Å². The molecule has 0 saturated carbocycles. The molecule has 0 radical (unpaired) electrons. The topological polar surface area (TPSA) is 113 Å². The second kappa shape index (κ2) is 9.35. The van der Waals surface area contributed by atoms with Gasteiger partial charge in [-0.15, -0.1) is 11.3 Å². The van der Waals surface area contributed by atoms with E-state index in [1.165, 1.54) is 16.2 Å². The van der Waals surface area contributed by atoms with E-state index in [-0.39, 0.29) is 11.9 Å². The molecule has 164 valence electrons. The highest BCUT2D eigenvalue weighted by Gasteiger charge is 2.24. The van der Waals surface area contributed by atoms with E-state index in [1.807, 2.05) is 6.07 Å². The molecule has 2 aromatic heterocycles. The zero-order valence-electron chi connectivity index (χ0n) is 17.1. The number of H-pyrrole nitrogens is 1. The first kappa shape index (κ1) is 21.8. The first-order valence-electron chi connectivity index (χ1n) is 10.0. The van der Waals surface area contributed by atoms with Crippen molar-refractivity contribution in [3.8, 4) is 0 Å². The summed E-state index contributed by atoms with van der Waals surface area (Å²) in [5.74, 6) is -0.514. The molecule has 1 aromatic carbocycles. The predicted octanol–water partition coefficient (Wildman–Crippen LogP) is 2.57. The number of rotatable bonds is 3. The van der Waals surface area contributed by atoms with Crippen LogP contribution in [0.5, 0.6) is 0 Å². The lowest BCUT2D eigenvalue weighted by molar-refractivity contribution is 0.0928. The summed E-state index contributed by atoms with van der Waals surface area (Å²) < 4.78 is 5.25. The molecule has 4 N–H and O–H groups in total. The van der Waals surface area contributed by atoms with Crippen LogP contribution in [0.4, 0.5) is 0 Å². The second-order valence-electron chi connectivity index (χ2n) is 7.69. The summed E-state index contributed by atoms with van der Waals surface area (Å²) in [5.41, 5.74) is 7.47. The van der Waals surface area contributed by atoms with E-state index in [4.69, 9.17) is 22.1 Å². The average Bonchev–Trinajstić information content (AvgIpc) is 3.46. The van der Waals surface area contributed by atoms with E-state index in [0.717, 1.165) is 49.1 Å². The fourth-order valence-electron chi connectivity index (χ4n) is 3.55. The fraction of sp³-hybridized carbons (Fsp3) is 0.381. The summed E-state index contributed by atoms with van der Waals surface area (Å²) >= 11 is 7.30. The smallest absolute Gasteiger partial charge is 0.280 e. The molecule has 5 rings (SSSR count). The molecule has 10 heteroatoms. The van der Waals surface area contributed by atoms with Gasteiger partial charge in [-0.2, -0.15) is 0 Å². The van der Waals surface area contributed by atoms with Gasteiger partial charge in [-0.25, -0.2) is 4.98 Å². The van der Waals surface area contributed by atoms with Crippen molar-refractivity contribution in [2.45, 2.75) is 25.4 Å². The molecule has 0 spiro atoms. The van der Waals surface area contributed by atoms with Gasteiger partial charge in [0.1, 0.15) is 5.69 Å². The van der Waals surface area contributed by atoms with Gasteiger partial charge in [-0.05, 0) is 37.7 Å². The van der Waals surface area contributed by atoms with Gasteiger partial charge in [0.05, 0.1) is 18.3 Å². The highest BCUT2D eigenvalue weighted by molar-refractivity contribution is 7.13. The minimum absolute atomic E-state index is 0.0486. The van der Waals surface area contributed by atoms with Crippen molar-refractivity contribution in [1.29, 1.82) is 0 Å². The molecular weight excluding hydrogens is 438 g/mol. The lowest BCUT2D eigenvalue weighted by Crippen LogP contribution is -2.34. The number of hydrogen-bond acceptors (Lipinski definition) is 6. The molecule has 0 aliphatic carbocycles. The number of benzene rings is 1. The fourth-order valence-corrected chi connectivity index (χ4v) is 4.82. The molecule has 1 saturated heterocycles. The number of aromatic nitrogens is 2. The Morgan fingerprint density at radius 3 is 2.97 bits per heavy atom. The van der Waals surface area contributed by atoms with Crippen molar-refractivity contribution >= 4 is 45.7 Å². The van der Waals surface area contributed by atoms with Gasteiger partial charge in [-0.3, -0.25) is 9.59 Å². The van der Waals surface area contributed by atoms with Crippen LogP contribution >= 0.6 is 22.9 Å². The summed E-state index contributed by atoms with van der Waals surface area (Å²) in [6.07, 6.45) is 1.85. The molecule has 8 nitrogen and oxygen atoms in total. The van der Waals surface area contributed by atoms with Gasteiger partial charge in [0.15, 0.2) is 5.01 Å². The SMILES string of the molecule is CN1CCc2nc(C(=O)NC3CCOC3)sc2C1.NC(=O)c1cc2cc(Cl)ccc2[nH]1. The first-order valence-corrected chi connectivity index (χ1v) is 11.2. The van der Waals surface area contributed by atoms with Crippen molar-refractivity contribution in [2.75, 3.05) is 26.8 Å². The normalized spacial score (nSPS) is 18.3. The zero-order valence-corrected chi connectivity index (χ0v) is 18.7. The van der Waals surface area contributed by atoms with E-state index < -0.39 is 5.91 Å². The van der Waals surface area contributed by atoms with E-state index >= 15 is 0 Å². The highest BCUT2D eigenvalue weighted by Crippen LogP contribution is 2.24. The molecule has 1 unspecified atom stereocenters. The number of thiazole rings is 1. The number of fused-ring (bicyclic) bond motifs is 2. The number of primary amides is 1. The number of aromatic amines is 1. The van der Waals surface area contributed by atoms with E-state index in [1.54, 1.807) is 18.2 Å². The van der Waals surface area contributed by atoms with Crippen LogP contribution in [-0.4, -0.2) is 59.5 Å². The summed E-state index contributed by atoms with van der Waals surface area (Å²) in [7, 11) is 2.10. The maximum Gasteiger partial charge on any atom is 0.280 e. The van der Waals surface area contributed by atoms with Crippen LogP contribution < -0.4 is 11.1 Å². The van der Waals surface area contributed by atoms with Crippen LogP contribution in [-0.2, 0) is 17.7 Å². The van der Waals surface area contributed by atoms with Gasteiger partial charge < -0.3 is 25.7 Å². The molecule has 31 heavy (non-hydrogen) atoms. The molecule has 2 aliphatic heterocycles. The van der Waals surface area contributed by atoms with Crippen LogP contribution in [0.3, 0.4) is 0 Å². The van der Waals surface area contributed by atoms with E-state index in [9.17, 15) is 9.59 Å². The number of hydrogen-bond donors (Lipinski definition) is 3. The number of halogens is 1. The third-order valence-electron chi connectivity index (χ3n) is 5.23. The minimum atomic E-state index is -0.465. The number of amides is 2. The number of carbonyl (C=O) groups excluding carboxylic acids is 2. The van der Waals surface area contributed by atoms with Gasteiger partial charge in [0, 0.05) is 46.9 Å². The Morgan fingerprint density at radius 2 is 2.23 bits per heavy atom. The van der Waals surface area contributed by atoms with Crippen LogP contribution in [0.25, 0.3) is 10.9 Å². The quantitative estimate of drug-likeness (QED) is 0.554. The number of likely N-dealkylation sites (N-methyl/N-ethyl adjacent to an activating group) is 1. The van der Waals surface area contributed by atoms with Gasteiger partial charge in [0.2, 0.25) is 0 Å². The molecular formula is C21H24ClN5O3S. The Kier molecular flexibility index (Phi) is 6.57. The van der Waals surface area contributed by atoms with E-state index in [2.05, 4.69) is 27.2 Å². The van der Waals surface area contributed by atoms with Crippen LogP contribution in [0.15, 0.2) is 24.3 Å². The summed E-state index contributed by atoms with van der Waals surface area (Å²) in [6, 6.07) is 7.18. The minimum Gasteiger partial charge on any atom is -0.379 e. The van der Waals surface area contributed by atoms with Crippen molar-refractivity contribution < 1.29 is 14.3 Å². The summed E-state index contributed by atoms with van der Waals surface area (Å²) in [5, 5.41) is 5.12. The molecule has 1 atom stereocenters. The van der Waals surface area contributed by atoms with Crippen LogP contribution in [0.1, 0.15) is 37.3 Å². The average molecular weight is 462 g/mol. The number of carbonyl (C=O) groups is 2. The van der Waals surface area contributed by atoms with Crippen molar-refractivity contribution in [1.82, 2.24) is 20.2 Å². The lowest BCUT2D eigenvalue weighted by atomic mass is 10.2. The lowest BCUT2D eigenvalue weighted by Gasteiger charge is -2.20. The second-order valence-corrected chi connectivity index (χ2v) is 9.21. The number of ether oxygens (including phenoxy) is 1. The molecule has 3 aromatic rings. The Morgan fingerprint density at radius 1 is 1.39 bits per heavy atom. The van der Waals surface area contributed by atoms with Crippen LogP contribution in [0.2, 0.25) is 5.02 Å². The Labute approximate surface area is 188 Å². The molecule has 2 aliphatic rings. The molecule has 2 amide bonds. The maximum absolute atomic E-state index is 12.1.